The summed E-state index contributed by atoms with van der Waals surface area (Å²) in [6.45, 7) is 8.63. The number of carbonyl (C=O) groups is 1. The molecule has 3 rings (SSSR count). The molecule has 2 amide bonds. The summed E-state index contributed by atoms with van der Waals surface area (Å²) < 4.78 is 0. The summed E-state index contributed by atoms with van der Waals surface area (Å²) in [5.41, 5.74) is 0. The Morgan fingerprint density at radius 1 is 0.895 bits per heavy atom. The van der Waals surface area contributed by atoms with E-state index < -0.39 is 0 Å². The van der Waals surface area contributed by atoms with Crippen LogP contribution in [0.25, 0.3) is 0 Å². The minimum absolute atomic E-state index is 0.300. The number of piperidine rings is 1. The van der Waals surface area contributed by atoms with E-state index in [2.05, 4.69) is 21.6 Å². The van der Waals surface area contributed by atoms with Crippen LogP contribution in [-0.4, -0.2) is 66.0 Å². The van der Waals surface area contributed by atoms with Crippen LogP contribution in [0.3, 0.4) is 0 Å². The van der Waals surface area contributed by atoms with Crippen molar-refractivity contribution in [2.45, 2.75) is 45.1 Å². The van der Waals surface area contributed by atoms with Gasteiger partial charge in [0.05, 0.1) is 0 Å². The fourth-order valence-electron chi connectivity index (χ4n) is 3.72. The lowest BCUT2D eigenvalue weighted by molar-refractivity contribution is 0.139. The van der Waals surface area contributed by atoms with Crippen molar-refractivity contribution in [3.05, 3.63) is 0 Å². The van der Waals surface area contributed by atoms with Gasteiger partial charge in [0.1, 0.15) is 0 Å². The molecule has 0 aromatic carbocycles. The Kier molecular flexibility index (Phi) is 3.96. The summed E-state index contributed by atoms with van der Waals surface area (Å²) in [6.07, 6.45) is 6.21. The second-order valence-corrected chi connectivity index (χ2v) is 6.58. The molecule has 108 valence electrons. The van der Waals surface area contributed by atoms with Gasteiger partial charge in [0.25, 0.3) is 0 Å². The minimum atomic E-state index is 0.300. The smallest absolute Gasteiger partial charge is 0.320 e. The molecule has 3 aliphatic rings. The first-order chi connectivity index (χ1) is 9.24. The maximum Gasteiger partial charge on any atom is 0.320 e. The van der Waals surface area contributed by atoms with Crippen molar-refractivity contribution in [2.75, 3.05) is 39.3 Å². The third-order valence-electron chi connectivity index (χ3n) is 5.15. The van der Waals surface area contributed by atoms with Crippen molar-refractivity contribution in [3.63, 3.8) is 0 Å². The summed E-state index contributed by atoms with van der Waals surface area (Å²) in [5.74, 6) is 0.792. The molecule has 3 heterocycles. The molecule has 4 heteroatoms. The predicted octanol–water partition coefficient (Wildman–Crippen LogP) is 2.01. The molecule has 3 aliphatic heterocycles. The molecule has 0 spiro atoms. The summed E-state index contributed by atoms with van der Waals surface area (Å²) in [4.78, 5) is 19.3. The Labute approximate surface area is 116 Å². The zero-order chi connectivity index (χ0) is 13.2. The molecular weight excluding hydrogens is 238 g/mol. The first kappa shape index (κ1) is 13.2. The third kappa shape index (κ3) is 2.88. The molecule has 3 saturated heterocycles. The van der Waals surface area contributed by atoms with Gasteiger partial charge in [-0.2, -0.15) is 0 Å². The van der Waals surface area contributed by atoms with Crippen molar-refractivity contribution in [1.29, 1.82) is 0 Å². The molecule has 0 bridgehead atoms. The molecule has 4 nitrogen and oxygen atoms in total. The molecule has 0 N–H and O–H groups in total. The zero-order valence-corrected chi connectivity index (χ0v) is 12.2. The van der Waals surface area contributed by atoms with E-state index in [9.17, 15) is 4.79 Å². The number of hydrogen-bond donors (Lipinski definition) is 0. The van der Waals surface area contributed by atoms with Crippen molar-refractivity contribution >= 4 is 6.03 Å². The molecule has 3 fully saturated rings. The molecule has 0 saturated carbocycles. The topological polar surface area (TPSA) is 26.8 Å². The predicted molar refractivity (Wildman–Crippen MR) is 76.2 cm³/mol. The lowest BCUT2D eigenvalue weighted by atomic mass is 10.00. The largest absolute Gasteiger partial charge is 0.325 e. The van der Waals surface area contributed by atoms with Gasteiger partial charge in [-0.05, 0) is 51.1 Å². The molecule has 1 atom stereocenters. The van der Waals surface area contributed by atoms with Crippen LogP contribution in [0.1, 0.15) is 39.0 Å². The maximum atomic E-state index is 12.5. The monoisotopic (exact) mass is 265 g/mol. The maximum absolute atomic E-state index is 12.5. The standard InChI is InChI=1S/C15H27N3O/c1-13-4-9-17(10-5-13)15(19)18-11-6-14(12-18)16-7-2-3-8-16/h13-14H,2-12H2,1H3. The van der Waals surface area contributed by atoms with Gasteiger partial charge in [0.2, 0.25) is 0 Å². The molecule has 0 aromatic rings. The summed E-state index contributed by atoms with van der Waals surface area (Å²) >= 11 is 0. The lowest BCUT2D eigenvalue weighted by Gasteiger charge is -2.33. The van der Waals surface area contributed by atoms with Crippen LogP contribution in [-0.2, 0) is 0 Å². The molecule has 1 unspecified atom stereocenters. The summed E-state index contributed by atoms with van der Waals surface area (Å²) in [5, 5.41) is 0. The van der Waals surface area contributed by atoms with E-state index in [-0.39, 0.29) is 0 Å². The molecule has 0 radical (unpaired) electrons. The van der Waals surface area contributed by atoms with Gasteiger partial charge in [-0.15, -0.1) is 0 Å². The van der Waals surface area contributed by atoms with Gasteiger partial charge >= 0.3 is 6.03 Å². The van der Waals surface area contributed by atoms with E-state index >= 15 is 0 Å². The van der Waals surface area contributed by atoms with Gasteiger partial charge in [-0.3, -0.25) is 4.90 Å². The average Bonchev–Trinajstić information content (AvgIpc) is 3.10. The Hall–Kier alpha value is -0.770. The number of urea groups is 1. The summed E-state index contributed by atoms with van der Waals surface area (Å²) in [7, 11) is 0. The van der Waals surface area contributed by atoms with Gasteiger partial charge in [-0.25, -0.2) is 4.79 Å². The van der Waals surface area contributed by atoms with Gasteiger partial charge < -0.3 is 9.80 Å². The number of likely N-dealkylation sites (tertiary alicyclic amines) is 3. The van der Waals surface area contributed by atoms with Crippen LogP contribution < -0.4 is 0 Å². The van der Waals surface area contributed by atoms with E-state index in [0.717, 1.165) is 32.1 Å². The quantitative estimate of drug-likeness (QED) is 0.725. The number of nitrogens with zero attached hydrogens (tertiary/aromatic N) is 3. The highest BCUT2D eigenvalue weighted by molar-refractivity contribution is 5.75. The Morgan fingerprint density at radius 2 is 1.53 bits per heavy atom. The normalized spacial score (nSPS) is 30.3. The van der Waals surface area contributed by atoms with Crippen LogP contribution in [0, 0.1) is 5.92 Å². The highest BCUT2D eigenvalue weighted by Gasteiger charge is 2.34. The lowest BCUT2D eigenvalue weighted by Crippen LogP contribution is -2.46. The average molecular weight is 265 g/mol. The van der Waals surface area contributed by atoms with Gasteiger partial charge in [-0.1, -0.05) is 6.92 Å². The number of rotatable bonds is 1. The Bertz CT molecular complexity index is 319. The first-order valence-electron chi connectivity index (χ1n) is 8.02. The van der Waals surface area contributed by atoms with Crippen LogP contribution in [0.4, 0.5) is 4.79 Å². The van der Waals surface area contributed by atoms with E-state index in [4.69, 9.17) is 0 Å². The molecule has 0 aliphatic carbocycles. The van der Waals surface area contributed by atoms with E-state index in [1.165, 1.54) is 45.2 Å². The van der Waals surface area contributed by atoms with Crippen molar-refractivity contribution in [2.24, 2.45) is 5.92 Å². The van der Waals surface area contributed by atoms with Crippen LogP contribution >= 0.6 is 0 Å². The number of amides is 2. The molecule has 0 aromatic heterocycles. The summed E-state index contributed by atoms with van der Waals surface area (Å²) in [6, 6.07) is 0.934. The SMILES string of the molecule is CC1CCN(C(=O)N2CCC(N3CCCC3)C2)CC1. The number of hydrogen-bond acceptors (Lipinski definition) is 2. The van der Waals surface area contributed by atoms with Gasteiger partial charge in [0, 0.05) is 32.2 Å². The second kappa shape index (κ2) is 5.70. The fourth-order valence-corrected chi connectivity index (χ4v) is 3.72. The third-order valence-corrected chi connectivity index (χ3v) is 5.15. The zero-order valence-electron chi connectivity index (χ0n) is 12.2. The van der Waals surface area contributed by atoms with Crippen LogP contribution in [0.2, 0.25) is 0 Å². The highest BCUT2D eigenvalue weighted by atomic mass is 16.2. The van der Waals surface area contributed by atoms with E-state index in [1.54, 1.807) is 0 Å². The minimum Gasteiger partial charge on any atom is -0.325 e. The van der Waals surface area contributed by atoms with E-state index in [1.807, 2.05) is 0 Å². The Balaban J connectivity index is 1.51. The fraction of sp³-hybridized carbons (Fsp3) is 0.933. The van der Waals surface area contributed by atoms with Crippen molar-refractivity contribution in [1.82, 2.24) is 14.7 Å². The van der Waals surface area contributed by atoms with Crippen LogP contribution in [0.5, 0.6) is 0 Å². The van der Waals surface area contributed by atoms with Crippen molar-refractivity contribution in [3.8, 4) is 0 Å². The van der Waals surface area contributed by atoms with Crippen LogP contribution in [0.15, 0.2) is 0 Å². The molecule has 19 heavy (non-hydrogen) atoms. The van der Waals surface area contributed by atoms with E-state index in [0.29, 0.717) is 12.1 Å². The van der Waals surface area contributed by atoms with Gasteiger partial charge in [0.15, 0.2) is 0 Å². The number of carbonyl (C=O) groups excluding carboxylic acids is 1. The highest BCUT2D eigenvalue weighted by Crippen LogP contribution is 2.23. The molecular formula is C15H27N3O. The Morgan fingerprint density at radius 3 is 2.21 bits per heavy atom. The second-order valence-electron chi connectivity index (χ2n) is 6.58. The van der Waals surface area contributed by atoms with Crippen molar-refractivity contribution < 1.29 is 4.79 Å². The first-order valence-corrected chi connectivity index (χ1v) is 8.02.